The van der Waals surface area contributed by atoms with Gasteiger partial charge in [-0.25, -0.2) is 0 Å². The fourth-order valence-corrected chi connectivity index (χ4v) is 5.80. The fourth-order valence-electron chi connectivity index (χ4n) is 5.80. The van der Waals surface area contributed by atoms with Gasteiger partial charge in [0, 0.05) is 26.2 Å². The highest BCUT2D eigenvalue weighted by molar-refractivity contribution is 6.01. The van der Waals surface area contributed by atoms with E-state index in [-0.39, 0.29) is 36.2 Å². The summed E-state index contributed by atoms with van der Waals surface area (Å²) in [5.41, 5.74) is -1.03. The van der Waals surface area contributed by atoms with Crippen LogP contribution in [-0.2, 0) is 23.9 Å². The summed E-state index contributed by atoms with van der Waals surface area (Å²) in [6.07, 6.45) is 1.87. The normalized spacial score (nSPS) is 25.6. The van der Waals surface area contributed by atoms with Crippen LogP contribution in [0.2, 0.25) is 0 Å². The quantitative estimate of drug-likeness (QED) is 0.311. The molecule has 0 bridgehead atoms. The number of para-hydroxylation sites is 1. The van der Waals surface area contributed by atoms with Gasteiger partial charge in [0.15, 0.2) is 0 Å². The third kappa shape index (κ3) is 8.69. The van der Waals surface area contributed by atoms with Crippen LogP contribution >= 0.6 is 0 Å². The van der Waals surface area contributed by atoms with Crippen molar-refractivity contribution in [1.29, 1.82) is 0 Å². The van der Waals surface area contributed by atoms with Gasteiger partial charge in [0.25, 0.3) is 5.91 Å². The monoisotopic (exact) mass is 614 g/mol. The Bertz CT molecular complexity index is 1200. The highest BCUT2D eigenvalue weighted by Crippen LogP contribution is 2.30. The maximum Gasteiger partial charge on any atom is 0.255 e. The summed E-state index contributed by atoms with van der Waals surface area (Å²) in [5, 5.41) is 14.2. The average molecular weight is 615 g/mol. The van der Waals surface area contributed by atoms with Crippen LogP contribution in [0.25, 0.3) is 0 Å². The van der Waals surface area contributed by atoms with Gasteiger partial charge in [-0.05, 0) is 37.8 Å². The molecule has 2 fully saturated rings. The molecule has 1 aliphatic carbocycles. The summed E-state index contributed by atoms with van der Waals surface area (Å²) in [6, 6.07) is 4.10. The lowest BCUT2D eigenvalue weighted by molar-refractivity contribution is -0.137. The minimum atomic E-state index is -1.22. The van der Waals surface area contributed by atoms with E-state index in [0.29, 0.717) is 39.1 Å². The Morgan fingerprint density at radius 3 is 2.45 bits per heavy atom. The molecule has 3 aliphatic rings. The molecular weight excluding hydrogens is 568 g/mol. The molecule has 5 N–H and O–H groups in total. The Morgan fingerprint density at radius 2 is 1.75 bits per heavy atom. The van der Waals surface area contributed by atoms with Gasteiger partial charge in [0.2, 0.25) is 23.6 Å². The number of benzene rings is 1. The second-order valence-corrected chi connectivity index (χ2v) is 12.2. The zero-order valence-corrected chi connectivity index (χ0v) is 25.9. The first-order chi connectivity index (χ1) is 21.1. The van der Waals surface area contributed by atoms with Crippen LogP contribution < -0.4 is 31.3 Å². The van der Waals surface area contributed by atoms with Gasteiger partial charge < -0.3 is 36.1 Å². The molecular formula is C31H46N6O7. The first kappa shape index (κ1) is 33.2. The number of morpholine rings is 1. The Labute approximate surface area is 258 Å². The van der Waals surface area contributed by atoms with Gasteiger partial charge in [-0.15, -0.1) is 0 Å². The Morgan fingerprint density at radius 1 is 1.05 bits per heavy atom. The first-order valence-electron chi connectivity index (χ1n) is 15.6. The van der Waals surface area contributed by atoms with E-state index in [0.717, 1.165) is 25.9 Å². The number of hydrogen-bond donors (Lipinski definition) is 5. The molecule has 5 amide bonds. The number of nitrogens with zero attached hydrogens (tertiary/aromatic N) is 1. The summed E-state index contributed by atoms with van der Waals surface area (Å²) < 4.78 is 11.3. The molecule has 2 heterocycles. The van der Waals surface area contributed by atoms with E-state index in [2.05, 4.69) is 31.5 Å². The van der Waals surface area contributed by atoms with Gasteiger partial charge in [0.1, 0.15) is 30.0 Å². The summed E-state index contributed by atoms with van der Waals surface area (Å²) >= 11 is 0. The van der Waals surface area contributed by atoms with Crippen molar-refractivity contribution in [2.45, 2.75) is 76.5 Å². The van der Waals surface area contributed by atoms with Gasteiger partial charge >= 0.3 is 0 Å². The van der Waals surface area contributed by atoms with Crippen LogP contribution in [-0.4, -0.2) is 104 Å². The number of rotatable bonds is 5. The number of hydrogen-bond acceptors (Lipinski definition) is 8. The maximum atomic E-state index is 13.7. The van der Waals surface area contributed by atoms with E-state index >= 15 is 0 Å². The molecule has 242 valence electrons. The van der Waals surface area contributed by atoms with Crippen molar-refractivity contribution in [3.63, 3.8) is 0 Å². The number of nitrogens with one attached hydrogen (secondary N) is 5. The van der Waals surface area contributed by atoms with Crippen molar-refractivity contribution in [3.05, 3.63) is 29.8 Å². The van der Waals surface area contributed by atoms with Gasteiger partial charge in [-0.1, -0.05) is 38.8 Å². The Balaban J connectivity index is 1.59. The van der Waals surface area contributed by atoms with E-state index in [4.69, 9.17) is 9.47 Å². The number of fused-ring (bicyclic) bond motifs is 1. The second kappa shape index (κ2) is 15.3. The van der Waals surface area contributed by atoms with Crippen molar-refractivity contribution in [1.82, 2.24) is 31.5 Å². The van der Waals surface area contributed by atoms with Gasteiger partial charge in [-0.3, -0.25) is 28.9 Å². The second-order valence-electron chi connectivity index (χ2n) is 12.2. The van der Waals surface area contributed by atoms with Crippen molar-refractivity contribution >= 4 is 29.5 Å². The lowest BCUT2D eigenvalue weighted by Crippen LogP contribution is -2.62. The molecule has 0 radical (unpaired) electrons. The van der Waals surface area contributed by atoms with E-state index in [1.807, 2.05) is 13.8 Å². The summed E-state index contributed by atoms with van der Waals surface area (Å²) in [6.45, 7) is 9.21. The maximum absolute atomic E-state index is 13.7. The number of carbonyl (C=O) groups is 5. The number of amides is 5. The Kier molecular flexibility index (Phi) is 11.6. The minimum absolute atomic E-state index is 0.0598. The molecule has 1 spiro atoms. The first-order valence-corrected chi connectivity index (χ1v) is 15.6. The van der Waals surface area contributed by atoms with E-state index in [1.165, 1.54) is 0 Å². The molecule has 1 aromatic rings. The predicted molar refractivity (Wildman–Crippen MR) is 162 cm³/mol. The predicted octanol–water partition coefficient (Wildman–Crippen LogP) is 0.0904. The lowest BCUT2D eigenvalue weighted by Gasteiger charge is -2.33. The topological polar surface area (TPSA) is 167 Å². The zero-order chi connectivity index (χ0) is 31.7. The highest BCUT2D eigenvalue weighted by Gasteiger charge is 2.44. The molecule has 1 aromatic carbocycles. The SMILES string of the molecule is CC(C)[C@H]1NC(=O)C2(CCCC2)NC(=O)C[C@@H](C(=O)NCCN2CCOCC2)NC(=O)c2ccccc2OC[C@H](C)NC1=O. The lowest BCUT2D eigenvalue weighted by atomic mass is 9.93. The van der Waals surface area contributed by atoms with Crippen LogP contribution in [0.4, 0.5) is 0 Å². The number of carbonyl (C=O) groups excluding carboxylic acids is 5. The molecule has 1 saturated heterocycles. The largest absolute Gasteiger partial charge is 0.491 e. The molecule has 3 atom stereocenters. The third-order valence-electron chi connectivity index (χ3n) is 8.36. The number of ether oxygens (including phenoxy) is 2. The smallest absolute Gasteiger partial charge is 0.255 e. The zero-order valence-electron chi connectivity index (χ0n) is 25.9. The van der Waals surface area contributed by atoms with Crippen molar-refractivity contribution in [2.24, 2.45) is 5.92 Å². The van der Waals surface area contributed by atoms with Crippen molar-refractivity contribution in [2.75, 3.05) is 46.0 Å². The molecule has 4 rings (SSSR count). The van der Waals surface area contributed by atoms with Crippen LogP contribution in [0.5, 0.6) is 5.75 Å². The van der Waals surface area contributed by atoms with Crippen molar-refractivity contribution < 1.29 is 33.4 Å². The summed E-state index contributed by atoms with van der Waals surface area (Å²) in [4.78, 5) is 69.5. The van der Waals surface area contributed by atoms with Crippen molar-refractivity contribution in [3.8, 4) is 5.75 Å². The molecule has 1 saturated carbocycles. The molecule has 0 unspecified atom stereocenters. The van der Waals surface area contributed by atoms with Gasteiger partial charge in [0.05, 0.1) is 31.2 Å². The van der Waals surface area contributed by atoms with Crippen LogP contribution in [0.15, 0.2) is 24.3 Å². The minimum Gasteiger partial charge on any atom is -0.491 e. The average Bonchev–Trinajstić information content (AvgIpc) is 3.47. The highest BCUT2D eigenvalue weighted by atomic mass is 16.5. The molecule has 0 aromatic heterocycles. The standard InChI is InChI=1S/C31H46N6O7/c1-20(2)26-29(41)33-21(3)19-44-24-9-5-4-8-22(24)27(39)34-23(28(40)32-12-13-37-14-16-43-17-15-37)18-25(38)36-31(30(42)35-26)10-6-7-11-31/h4-5,8-9,20-21,23,26H,6-7,10-19H2,1-3H3,(H,32,40)(H,33,41)(H,34,39)(H,35,42)(H,36,38)/t21-,23-,26+/m0/s1. The molecule has 2 aliphatic heterocycles. The Hall–Kier alpha value is -3.71. The van der Waals surface area contributed by atoms with E-state index in [1.54, 1.807) is 31.2 Å². The molecule has 13 heteroatoms. The van der Waals surface area contributed by atoms with E-state index < -0.39 is 47.3 Å². The molecule has 44 heavy (non-hydrogen) atoms. The summed E-state index contributed by atoms with van der Waals surface area (Å²) in [7, 11) is 0. The fraction of sp³-hybridized carbons (Fsp3) is 0.645. The van der Waals surface area contributed by atoms with Crippen LogP contribution in [0.3, 0.4) is 0 Å². The van der Waals surface area contributed by atoms with Crippen LogP contribution in [0, 0.1) is 5.92 Å². The summed E-state index contributed by atoms with van der Waals surface area (Å²) in [5.74, 6) is -2.41. The van der Waals surface area contributed by atoms with E-state index in [9.17, 15) is 24.0 Å². The van der Waals surface area contributed by atoms with Crippen LogP contribution in [0.1, 0.15) is 63.2 Å². The van der Waals surface area contributed by atoms with Gasteiger partial charge in [-0.2, -0.15) is 0 Å². The molecule has 13 nitrogen and oxygen atoms in total. The third-order valence-corrected chi connectivity index (χ3v) is 8.36.